The molecule has 14 nitrogen and oxygen atoms in total. The molecule has 4 N–H and O–H groups in total. The van der Waals surface area contributed by atoms with Crippen LogP contribution in [0.4, 0.5) is 0 Å². The van der Waals surface area contributed by atoms with Gasteiger partial charge in [0.25, 0.3) is 0 Å². The Balaban J connectivity index is 1.28. The van der Waals surface area contributed by atoms with E-state index in [0.717, 1.165) is 52.8 Å². The average Bonchev–Trinajstić information content (AvgIpc) is 3.21. The van der Waals surface area contributed by atoms with Gasteiger partial charge in [-0.1, -0.05) is 41.9 Å². The van der Waals surface area contributed by atoms with Crippen LogP contribution in [0.1, 0.15) is 54.0 Å². The molecule has 0 unspecified atom stereocenters. The Hall–Kier alpha value is -4.77. The number of benzene rings is 3. The van der Waals surface area contributed by atoms with Crippen LogP contribution in [-0.4, -0.2) is 103 Å². The van der Waals surface area contributed by atoms with E-state index >= 15 is 0 Å². The fourth-order valence-corrected chi connectivity index (χ4v) is 7.57. The van der Waals surface area contributed by atoms with Crippen molar-refractivity contribution >= 4 is 33.4 Å². The van der Waals surface area contributed by atoms with E-state index in [2.05, 4.69) is 15.2 Å². The number of nitrogens with zero attached hydrogens (tertiary/aromatic N) is 2. The maximum Gasteiger partial charge on any atom is 0.337 e. The second-order valence-electron chi connectivity index (χ2n) is 15.0. The molecule has 3 aromatic carbocycles. The van der Waals surface area contributed by atoms with Gasteiger partial charge in [-0.2, -0.15) is 0 Å². The number of aromatic nitrogens is 1. The number of carbonyl (C=O) groups excluding carboxylic acids is 1. The number of rotatable bonds is 19. The zero-order chi connectivity index (χ0) is 43.0. The molecule has 1 aliphatic rings. The van der Waals surface area contributed by atoms with E-state index in [4.69, 9.17) is 30.5 Å². The number of likely N-dealkylation sites (tertiary alicyclic amines) is 1. The molecule has 0 radical (unpaired) electrons. The summed E-state index contributed by atoms with van der Waals surface area (Å²) in [4.78, 5) is 30.1. The number of esters is 1. The number of nitrogens with one attached hydrogen (secondary N) is 1. The van der Waals surface area contributed by atoms with Crippen LogP contribution in [0, 0.1) is 13.8 Å². The van der Waals surface area contributed by atoms with Gasteiger partial charge in [0.15, 0.2) is 15.4 Å². The van der Waals surface area contributed by atoms with Crippen molar-refractivity contribution < 1.29 is 52.3 Å². The molecule has 0 bridgehead atoms. The first kappa shape index (κ1) is 45.3. The lowest BCUT2D eigenvalue weighted by molar-refractivity contribution is -0.167. The van der Waals surface area contributed by atoms with E-state index in [9.17, 15) is 33.3 Å². The largest absolute Gasteiger partial charge is 0.493 e. The molecule has 59 heavy (non-hydrogen) atoms. The number of methoxy groups -OCH3 is 1. The second-order valence-corrected chi connectivity index (χ2v) is 17.4. The molecule has 1 aliphatic heterocycles. The van der Waals surface area contributed by atoms with E-state index in [-0.39, 0.29) is 29.7 Å². The molecule has 16 heteroatoms. The monoisotopic (exact) mass is 853 g/mol. The number of aliphatic carboxylic acids is 1. The van der Waals surface area contributed by atoms with Crippen molar-refractivity contribution in [2.75, 3.05) is 46.2 Å². The highest BCUT2D eigenvalue weighted by Gasteiger charge is 2.40. The number of carboxylic acids is 1. The Kier molecular flexibility index (Phi) is 15.0. The summed E-state index contributed by atoms with van der Waals surface area (Å²) in [7, 11) is -2.22. The minimum Gasteiger partial charge on any atom is -0.493 e. The van der Waals surface area contributed by atoms with E-state index in [1.54, 1.807) is 12.1 Å². The second kappa shape index (κ2) is 19.5. The third-order valence-electron chi connectivity index (χ3n) is 10.7. The smallest absolute Gasteiger partial charge is 0.337 e. The van der Waals surface area contributed by atoms with Crippen LogP contribution in [0.25, 0.3) is 11.1 Å². The summed E-state index contributed by atoms with van der Waals surface area (Å²) in [6, 6.07) is 16.6. The zero-order valence-electron chi connectivity index (χ0n) is 33.9. The number of pyridine rings is 1. The highest BCUT2D eigenvalue weighted by Crippen LogP contribution is 2.37. The molecule has 1 atom stereocenters. The van der Waals surface area contributed by atoms with Gasteiger partial charge in [-0.15, -0.1) is 0 Å². The summed E-state index contributed by atoms with van der Waals surface area (Å²) < 4.78 is 47.7. The average molecular weight is 854 g/mol. The van der Waals surface area contributed by atoms with Crippen LogP contribution < -0.4 is 19.5 Å². The van der Waals surface area contributed by atoms with Gasteiger partial charge in [-0.05, 0) is 86.1 Å². The van der Waals surface area contributed by atoms with Crippen molar-refractivity contribution in [3.05, 3.63) is 99.8 Å². The van der Waals surface area contributed by atoms with Crippen molar-refractivity contribution in [3.63, 3.8) is 0 Å². The quantitative estimate of drug-likeness (QED) is 0.0704. The van der Waals surface area contributed by atoms with Gasteiger partial charge in [0.05, 0.1) is 30.2 Å². The molecular weight excluding hydrogens is 802 g/mol. The van der Waals surface area contributed by atoms with Crippen molar-refractivity contribution in [1.29, 1.82) is 0 Å². The number of ether oxygens (including phenoxy) is 4. The van der Waals surface area contributed by atoms with Crippen molar-refractivity contribution in [2.24, 2.45) is 0 Å². The Bertz CT molecular complexity index is 2250. The van der Waals surface area contributed by atoms with Crippen molar-refractivity contribution in [2.45, 2.75) is 75.8 Å². The third-order valence-corrected chi connectivity index (χ3v) is 12.1. The molecule has 2 heterocycles. The van der Waals surface area contributed by atoms with Crippen molar-refractivity contribution in [3.8, 4) is 28.4 Å². The third kappa shape index (κ3) is 11.3. The molecular formula is C43H52ClN3O11S. The molecule has 4 aromatic rings. The molecule has 0 spiro atoms. The first-order valence-corrected chi connectivity index (χ1v) is 21.4. The van der Waals surface area contributed by atoms with Crippen LogP contribution in [-0.2, 0) is 43.9 Å². The first-order valence-electron chi connectivity index (χ1n) is 19.1. The number of aliphatic hydroxyl groups is 2. The number of piperidine rings is 1. The Morgan fingerprint density at radius 1 is 0.932 bits per heavy atom. The summed E-state index contributed by atoms with van der Waals surface area (Å²) >= 11 is 6.74. The van der Waals surface area contributed by atoms with Gasteiger partial charge in [-0.3, -0.25) is 15.1 Å². The Morgan fingerprint density at radius 3 is 2.27 bits per heavy atom. The van der Waals surface area contributed by atoms with Crippen LogP contribution in [0.5, 0.6) is 17.2 Å². The number of aliphatic hydroxyl groups excluding tert-OH is 1. The number of carboxylic acid groups (broad SMARTS) is 1. The molecule has 1 aromatic heterocycles. The number of halogens is 1. The van der Waals surface area contributed by atoms with E-state index in [0.29, 0.717) is 55.2 Å². The maximum absolute atomic E-state index is 12.1. The molecule has 0 aliphatic carbocycles. The Morgan fingerprint density at radius 2 is 1.61 bits per heavy atom. The maximum atomic E-state index is 12.1. The van der Waals surface area contributed by atoms with Crippen LogP contribution in [0.3, 0.4) is 0 Å². The lowest BCUT2D eigenvalue weighted by Gasteiger charge is -2.36. The predicted molar refractivity (Wildman–Crippen MR) is 222 cm³/mol. The Labute approximate surface area is 350 Å². The topological polar surface area (TPSA) is 194 Å². The van der Waals surface area contributed by atoms with Gasteiger partial charge in [0.1, 0.15) is 36.0 Å². The molecule has 1 fully saturated rings. The van der Waals surface area contributed by atoms with Gasteiger partial charge in [0, 0.05) is 62.0 Å². The van der Waals surface area contributed by atoms with Gasteiger partial charge in [-0.25, -0.2) is 13.2 Å². The minimum absolute atomic E-state index is 0.0360. The summed E-state index contributed by atoms with van der Waals surface area (Å²) in [5, 5.41) is 33.1. The highest BCUT2D eigenvalue weighted by molar-refractivity contribution is 7.90. The molecule has 1 saturated heterocycles. The normalized spacial score (nSPS) is 15.3. The SMILES string of the molecule is COC(=O)C1(O)CCN(CCCOc2cccc(-c3cccc(COc4cc(OCc5cncc(S(C)(=O)=O)c5)c(CN[C@](C)(CO)C(=O)O)cc4Cl)c3C)c2C)CC1. The summed E-state index contributed by atoms with van der Waals surface area (Å²) in [6.45, 7) is 7.27. The fraction of sp³-hybridized carbons (Fsp3) is 0.419. The summed E-state index contributed by atoms with van der Waals surface area (Å²) in [5.74, 6) is -0.445. The number of hydrogen-bond donors (Lipinski definition) is 4. The minimum atomic E-state index is -3.51. The van der Waals surface area contributed by atoms with Gasteiger partial charge < -0.3 is 39.2 Å². The van der Waals surface area contributed by atoms with E-state index in [1.807, 2.05) is 50.2 Å². The fourth-order valence-electron chi connectivity index (χ4n) is 6.72. The van der Waals surface area contributed by atoms with Gasteiger partial charge in [0.2, 0.25) is 0 Å². The molecule has 0 amide bonds. The standard InChI is InChI=1S/C43H52ClN3O11S/c1-28-31(9-6-10-34(28)35-11-7-12-37(29(35)2)56-18-8-15-47-16-13-43(52,14-17-47)41(51)55-4)26-58-39-21-38(57-25-30-19-33(24-45-22-30)59(5,53)54)32(20-36(39)44)23-46-42(3,27-48)40(49)50/h6-7,9-12,19-22,24,46,48,52H,8,13-18,23,25-27H2,1-5H3,(H,49,50)/t42-/m1/s1. The van der Waals surface area contributed by atoms with E-state index in [1.165, 1.54) is 32.5 Å². The molecule has 5 rings (SSSR count). The van der Waals surface area contributed by atoms with Crippen molar-refractivity contribution in [1.82, 2.24) is 15.2 Å². The summed E-state index contributed by atoms with van der Waals surface area (Å²) in [5.41, 5.74) is 2.82. The first-order chi connectivity index (χ1) is 28.0. The highest BCUT2D eigenvalue weighted by atomic mass is 35.5. The number of hydrogen-bond acceptors (Lipinski definition) is 13. The van der Waals surface area contributed by atoms with Gasteiger partial charge >= 0.3 is 11.9 Å². The molecule has 318 valence electrons. The van der Waals surface area contributed by atoms with E-state index < -0.39 is 39.5 Å². The number of carbonyl (C=O) groups is 2. The predicted octanol–water partition coefficient (Wildman–Crippen LogP) is 5.27. The van der Waals surface area contributed by atoms with Crippen LogP contribution >= 0.6 is 11.6 Å². The van der Waals surface area contributed by atoms with Crippen LogP contribution in [0.2, 0.25) is 5.02 Å². The number of sulfone groups is 1. The molecule has 0 saturated carbocycles. The lowest BCUT2D eigenvalue weighted by Crippen LogP contribution is -2.52. The zero-order valence-corrected chi connectivity index (χ0v) is 35.5. The lowest BCUT2D eigenvalue weighted by atomic mass is 9.91. The van der Waals surface area contributed by atoms with Crippen LogP contribution in [0.15, 0.2) is 71.9 Å². The summed E-state index contributed by atoms with van der Waals surface area (Å²) in [6.07, 6.45) is 5.28.